The number of hydrogen-bond donors (Lipinski definition) is 0. The Kier molecular flexibility index (Phi) is 6.39. The summed E-state index contributed by atoms with van der Waals surface area (Å²) in [5.74, 6) is -1.25. The maximum Gasteiger partial charge on any atom is 0.333 e. The van der Waals surface area contributed by atoms with Crippen molar-refractivity contribution in [2.45, 2.75) is 20.1 Å². The first-order valence-corrected chi connectivity index (χ1v) is 4.18. The van der Waals surface area contributed by atoms with E-state index in [1.165, 1.54) is 7.11 Å². The van der Waals surface area contributed by atoms with Gasteiger partial charge in [-0.3, -0.25) is 0 Å². The zero-order valence-corrected chi connectivity index (χ0v) is 8.48. The molecule has 0 aliphatic carbocycles. The van der Waals surface area contributed by atoms with Crippen molar-refractivity contribution >= 4 is 11.9 Å². The minimum absolute atomic E-state index is 0.454. The predicted molar refractivity (Wildman–Crippen MR) is 48.3 cm³/mol. The predicted octanol–water partition coefficient (Wildman–Crippen LogP) is 0.641. The van der Waals surface area contributed by atoms with Crippen molar-refractivity contribution in [2.75, 3.05) is 13.7 Å². The molecule has 1 atom stereocenters. The molecule has 0 spiro atoms. The first-order chi connectivity index (χ1) is 6.60. The standard InChI is InChI=1S/C9H14O5/c1-4-13-7(2)14-9(11)6-5-8(10)12-3/h5-7H,4H2,1-3H3/b6-5-. The Bertz CT molecular complexity index is 221. The second kappa shape index (κ2) is 7.08. The maximum atomic E-state index is 11.0. The third-order valence-electron chi connectivity index (χ3n) is 1.24. The molecule has 5 heteroatoms. The first kappa shape index (κ1) is 12.6. The lowest BCUT2D eigenvalue weighted by Crippen LogP contribution is -2.16. The van der Waals surface area contributed by atoms with Crippen molar-refractivity contribution in [3.8, 4) is 0 Å². The van der Waals surface area contributed by atoms with Crippen molar-refractivity contribution in [1.82, 2.24) is 0 Å². The molecule has 0 aliphatic rings. The molecule has 14 heavy (non-hydrogen) atoms. The summed E-state index contributed by atoms with van der Waals surface area (Å²) >= 11 is 0. The van der Waals surface area contributed by atoms with Gasteiger partial charge in [-0.2, -0.15) is 0 Å². The van der Waals surface area contributed by atoms with E-state index in [4.69, 9.17) is 9.47 Å². The molecule has 80 valence electrons. The largest absolute Gasteiger partial charge is 0.466 e. The normalized spacial score (nSPS) is 12.5. The number of carbonyl (C=O) groups is 2. The highest BCUT2D eigenvalue weighted by Crippen LogP contribution is 1.94. The van der Waals surface area contributed by atoms with Crippen molar-refractivity contribution in [3.05, 3.63) is 12.2 Å². The molecule has 0 aromatic carbocycles. The van der Waals surface area contributed by atoms with Gasteiger partial charge >= 0.3 is 11.9 Å². The average molecular weight is 202 g/mol. The minimum atomic E-state index is -0.642. The van der Waals surface area contributed by atoms with E-state index in [2.05, 4.69) is 4.74 Å². The summed E-state index contributed by atoms with van der Waals surface area (Å²) in [6.07, 6.45) is 1.36. The Morgan fingerprint density at radius 2 is 1.86 bits per heavy atom. The SMILES string of the molecule is CCOC(C)OC(=O)/C=C\C(=O)OC. The fourth-order valence-corrected chi connectivity index (χ4v) is 0.676. The molecular weight excluding hydrogens is 188 g/mol. The summed E-state index contributed by atoms with van der Waals surface area (Å²) in [7, 11) is 1.22. The summed E-state index contributed by atoms with van der Waals surface area (Å²) < 4.78 is 14.0. The number of esters is 2. The quantitative estimate of drug-likeness (QED) is 0.372. The zero-order valence-electron chi connectivity index (χ0n) is 8.48. The monoisotopic (exact) mass is 202 g/mol. The number of methoxy groups -OCH3 is 1. The lowest BCUT2D eigenvalue weighted by Gasteiger charge is -2.10. The molecule has 0 aromatic heterocycles. The van der Waals surface area contributed by atoms with E-state index in [0.29, 0.717) is 6.61 Å². The van der Waals surface area contributed by atoms with Gasteiger partial charge in [-0.15, -0.1) is 0 Å². The van der Waals surface area contributed by atoms with Crippen LogP contribution in [-0.4, -0.2) is 31.9 Å². The molecule has 0 rings (SSSR count). The van der Waals surface area contributed by atoms with Gasteiger partial charge in [-0.1, -0.05) is 0 Å². The lowest BCUT2D eigenvalue weighted by molar-refractivity contribution is -0.168. The van der Waals surface area contributed by atoms with Crippen molar-refractivity contribution < 1.29 is 23.8 Å². The van der Waals surface area contributed by atoms with Crippen LogP contribution in [0, 0.1) is 0 Å². The van der Waals surface area contributed by atoms with E-state index < -0.39 is 18.2 Å². The molecule has 0 heterocycles. The Balaban J connectivity index is 3.86. The van der Waals surface area contributed by atoms with Crippen LogP contribution < -0.4 is 0 Å². The van der Waals surface area contributed by atoms with Crippen LogP contribution in [0.1, 0.15) is 13.8 Å². The van der Waals surface area contributed by atoms with Crippen molar-refractivity contribution in [2.24, 2.45) is 0 Å². The summed E-state index contributed by atoms with van der Waals surface area (Å²) in [6, 6.07) is 0. The molecule has 0 amide bonds. The molecule has 0 bridgehead atoms. The van der Waals surface area contributed by atoms with Crippen molar-refractivity contribution in [3.63, 3.8) is 0 Å². The van der Waals surface area contributed by atoms with Gasteiger partial charge < -0.3 is 14.2 Å². The van der Waals surface area contributed by atoms with E-state index in [-0.39, 0.29) is 0 Å². The van der Waals surface area contributed by atoms with Crippen LogP contribution >= 0.6 is 0 Å². The fourth-order valence-electron chi connectivity index (χ4n) is 0.676. The highest BCUT2D eigenvalue weighted by molar-refractivity contribution is 5.91. The maximum absolute atomic E-state index is 11.0. The van der Waals surface area contributed by atoms with Crippen LogP contribution in [0.15, 0.2) is 12.2 Å². The number of ether oxygens (including phenoxy) is 3. The zero-order chi connectivity index (χ0) is 11.0. The Hall–Kier alpha value is -1.36. The molecule has 0 saturated heterocycles. The van der Waals surface area contributed by atoms with E-state index in [0.717, 1.165) is 12.2 Å². The average Bonchev–Trinajstić information content (AvgIpc) is 2.14. The van der Waals surface area contributed by atoms with E-state index in [1.54, 1.807) is 13.8 Å². The number of rotatable bonds is 5. The fraction of sp³-hybridized carbons (Fsp3) is 0.556. The lowest BCUT2D eigenvalue weighted by atomic mass is 10.5. The van der Waals surface area contributed by atoms with Crippen LogP contribution in [0.3, 0.4) is 0 Å². The molecule has 0 N–H and O–H groups in total. The van der Waals surface area contributed by atoms with Gasteiger partial charge in [0, 0.05) is 18.8 Å². The Labute approximate surface area is 82.6 Å². The molecule has 0 aromatic rings. The van der Waals surface area contributed by atoms with Gasteiger partial charge in [0.2, 0.25) is 0 Å². The third kappa shape index (κ3) is 6.19. The molecule has 1 unspecified atom stereocenters. The van der Waals surface area contributed by atoms with Crippen LogP contribution in [-0.2, 0) is 23.8 Å². The molecule has 0 saturated carbocycles. The third-order valence-corrected chi connectivity index (χ3v) is 1.24. The summed E-state index contributed by atoms with van der Waals surface area (Å²) in [5.41, 5.74) is 0. The van der Waals surface area contributed by atoms with Gasteiger partial charge in [0.1, 0.15) is 0 Å². The smallest absolute Gasteiger partial charge is 0.333 e. The van der Waals surface area contributed by atoms with E-state index in [1.807, 2.05) is 0 Å². The van der Waals surface area contributed by atoms with Gasteiger partial charge in [0.15, 0.2) is 6.29 Å². The van der Waals surface area contributed by atoms with E-state index in [9.17, 15) is 9.59 Å². The van der Waals surface area contributed by atoms with Crippen LogP contribution in [0.2, 0.25) is 0 Å². The number of hydrogen-bond acceptors (Lipinski definition) is 5. The first-order valence-electron chi connectivity index (χ1n) is 4.18. The Morgan fingerprint density at radius 1 is 1.29 bits per heavy atom. The summed E-state index contributed by atoms with van der Waals surface area (Å²) in [5, 5.41) is 0. The van der Waals surface area contributed by atoms with Gasteiger partial charge in [0.25, 0.3) is 0 Å². The van der Waals surface area contributed by atoms with Crippen LogP contribution in [0.25, 0.3) is 0 Å². The van der Waals surface area contributed by atoms with Crippen LogP contribution in [0.5, 0.6) is 0 Å². The number of carbonyl (C=O) groups excluding carboxylic acids is 2. The molecule has 5 nitrogen and oxygen atoms in total. The van der Waals surface area contributed by atoms with Gasteiger partial charge in [-0.05, 0) is 13.8 Å². The highest BCUT2D eigenvalue weighted by Gasteiger charge is 2.05. The molecule has 0 fully saturated rings. The Morgan fingerprint density at radius 3 is 2.36 bits per heavy atom. The second-order valence-electron chi connectivity index (χ2n) is 2.32. The van der Waals surface area contributed by atoms with Crippen LogP contribution in [0.4, 0.5) is 0 Å². The topological polar surface area (TPSA) is 61.8 Å². The second-order valence-corrected chi connectivity index (χ2v) is 2.32. The summed E-state index contributed by atoms with van der Waals surface area (Å²) in [4.78, 5) is 21.5. The molecule has 0 radical (unpaired) electrons. The minimum Gasteiger partial charge on any atom is -0.466 e. The molecular formula is C9H14O5. The van der Waals surface area contributed by atoms with E-state index >= 15 is 0 Å². The van der Waals surface area contributed by atoms with Gasteiger partial charge in [0.05, 0.1) is 7.11 Å². The van der Waals surface area contributed by atoms with Gasteiger partial charge in [-0.25, -0.2) is 9.59 Å². The summed E-state index contributed by atoms with van der Waals surface area (Å²) in [6.45, 7) is 3.83. The van der Waals surface area contributed by atoms with Crippen molar-refractivity contribution in [1.29, 1.82) is 0 Å². The highest BCUT2D eigenvalue weighted by atomic mass is 16.7. The molecule has 0 aliphatic heterocycles.